The Kier molecular flexibility index (Phi) is 6.28. The Morgan fingerprint density at radius 1 is 1.04 bits per heavy atom. The molecule has 0 bridgehead atoms. The highest BCUT2D eigenvalue weighted by Crippen LogP contribution is 2.25. The Morgan fingerprint density at radius 2 is 1.74 bits per heavy atom. The molecule has 0 aromatic heterocycles. The van der Waals surface area contributed by atoms with Crippen LogP contribution in [0.1, 0.15) is 24.4 Å². The van der Waals surface area contributed by atoms with Gasteiger partial charge in [-0.15, -0.1) is 0 Å². The molecule has 3 rings (SSSR count). The van der Waals surface area contributed by atoms with Crippen molar-refractivity contribution in [3.63, 3.8) is 0 Å². The molecule has 0 saturated carbocycles. The topological polar surface area (TPSA) is 51.0 Å². The van der Waals surface area contributed by atoms with Crippen molar-refractivity contribution < 1.29 is 9.47 Å². The summed E-state index contributed by atoms with van der Waals surface area (Å²) in [5, 5.41) is 0. The van der Waals surface area contributed by atoms with Gasteiger partial charge in [0.25, 0.3) is 0 Å². The fourth-order valence-electron chi connectivity index (χ4n) is 3.45. The van der Waals surface area contributed by atoms with Crippen LogP contribution < -0.4 is 10.5 Å². The number of nitrogens with two attached hydrogens (primary N) is 1. The van der Waals surface area contributed by atoms with E-state index in [9.17, 15) is 0 Å². The van der Waals surface area contributed by atoms with Crippen molar-refractivity contribution in [2.45, 2.75) is 18.9 Å². The normalized spacial score (nSPS) is 21.4. The van der Waals surface area contributed by atoms with Crippen molar-refractivity contribution in [3.05, 3.63) is 29.8 Å². The van der Waals surface area contributed by atoms with Crippen molar-refractivity contribution in [2.75, 3.05) is 59.1 Å². The lowest BCUT2D eigenvalue weighted by Crippen LogP contribution is -2.38. The Hall–Kier alpha value is -1.14. The largest absolute Gasteiger partial charge is 0.492 e. The molecule has 128 valence electrons. The summed E-state index contributed by atoms with van der Waals surface area (Å²) < 4.78 is 11.2. The molecule has 2 aliphatic rings. The van der Waals surface area contributed by atoms with Gasteiger partial charge in [-0.1, -0.05) is 12.1 Å². The lowest BCUT2D eigenvalue weighted by atomic mass is 10.1. The highest BCUT2D eigenvalue weighted by Gasteiger charge is 2.22. The van der Waals surface area contributed by atoms with E-state index in [1.165, 1.54) is 31.5 Å². The van der Waals surface area contributed by atoms with Gasteiger partial charge in [0.05, 0.1) is 13.2 Å². The molecule has 2 aliphatic heterocycles. The van der Waals surface area contributed by atoms with Crippen molar-refractivity contribution >= 4 is 0 Å². The monoisotopic (exact) mass is 319 g/mol. The zero-order valence-electron chi connectivity index (χ0n) is 14.0. The van der Waals surface area contributed by atoms with Crippen LogP contribution in [-0.4, -0.2) is 68.9 Å². The van der Waals surface area contributed by atoms with Crippen LogP contribution in [-0.2, 0) is 4.74 Å². The molecule has 2 N–H and O–H groups in total. The first kappa shape index (κ1) is 16.7. The fraction of sp³-hybridized carbons (Fsp3) is 0.667. The Bertz CT molecular complexity index is 454. The molecule has 1 aromatic rings. The van der Waals surface area contributed by atoms with Crippen molar-refractivity contribution in [3.8, 4) is 5.75 Å². The maximum Gasteiger partial charge on any atom is 0.119 e. The molecule has 5 nitrogen and oxygen atoms in total. The second-order valence-corrected chi connectivity index (χ2v) is 6.37. The van der Waals surface area contributed by atoms with Gasteiger partial charge in [0, 0.05) is 32.2 Å². The summed E-state index contributed by atoms with van der Waals surface area (Å²) >= 11 is 0. The van der Waals surface area contributed by atoms with Crippen LogP contribution in [0.3, 0.4) is 0 Å². The number of hydrogen-bond acceptors (Lipinski definition) is 5. The second-order valence-electron chi connectivity index (χ2n) is 6.37. The zero-order valence-corrected chi connectivity index (χ0v) is 14.0. The number of morpholine rings is 1. The summed E-state index contributed by atoms with van der Waals surface area (Å²) in [5.41, 5.74) is 7.30. The van der Waals surface area contributed by atoms with Crippen LogP contribution in [0.25, 0.3) is 0 Å². The highest BCUT2D eigenvalue weighted by atomic mass is 16.5. The van der Waals surface area contributed by atoms with E-state index in [1.54, 1.807) is 0 Å². The van der Waals surface area contributed by atoms with Gasteiger partial charge in [-0.3, -0.25) is 9.80 Å². The van der Waals surface area contributed by atoms with Crippen LogP contribution >= 0.6 is 0 Å². The Morgan fingerprint density at radius 3 is 2.39 bits per heavy atom. The molecule has 5 heteroatoms. The van der Waals surface area contributed by atoms with E-state index in [-0.39, 0.29) is 0 Å². The third-order valence-electron chi connectivity index (χ3n) is 4.85. The van der Waals surface area contributed by atoms with Gasteiger partial charge >= 0.3 is 0 Å². The Labute approximate surface area is 139 Å². The van der Waals surface area contributed by atoms with Gasteiger partial charge in [0.1, 0.15) is 12.4 Å². The molecule has 0 radical (unpaired) electrons. The first-order valence-corrected chi connectivity index (χ1v) is 8.84. The van der Waals surface area contributed by atoms with Gasteiger partial charge in [0.15, 0.2) is 0 Å². The number of nitrogens with zero attached hydrogens (tertiary/aromatic N) is 2. The number of benzene rings is 1. The SMILES string of the molecule is NCC(c1ccc(OCCN2CCOCC2)cc1)N1CCCC1. The van der Waals surface area contributed by atoms with Gasteiger partial charge in [-0.25, -0.2) is 0 Å². The van der Waals surface area contributed by atoms with Crippen LogP contribution in [0.4, 0.5) is 0 Å². The first-order valence-electron chi connectivity index (χ1n) is 8.84. The van der Waals surface area contributed by atoms with Crippen LogP contribution in [0.5, 0.6) is 5.75 Å². The number of hydrogen-bond donors (Lipinski definition) is 1. The van der Waals surface area contributed by atoms with E-state index in [0.29, 0.717) is 12.6 Å². The van der Waals surface area contributed by atoms with Crippen LogP contribution in [0, 0.1) is 0 Å². The van der Waals surface area contributed by atoms with Gasteiger partial charge in [-0.2, -0.15) is 0 Å². The average Bonchev–Trinajstić information content (AvgIpc) is 3.12. The van der Waals surface area contributed by atoms with E-state index < -0.39 is 0 Å². The number of likely N-dealkylation sites (tertiary alicyclic amines) is 1. The quantitative estimate of drug-likeness (QED) is 0.825. The first-order chi connectivity index (χ1) is 11.4. The number of rotatable bonds is 7. The van der Waals surface area contributed by atoms with E-state index in [0.717, 1.165) is 45.2 Å². The third-order valence-corrected chi connectivity index (χ3v) is 4.85. The molecule has 0 spiro atoms. The van der Waals surface area contributed by atoms with Crippen molar-refractivity contribution in [2.24, 2.45) is 5.73 Å². The third kappa shape index (κ3) is 4.67. The van der Waals surface area contributed by atoms with Crippen molar-refractivity contribution in [1.29, 1.82) is 0 Å². The summed E-state index contributed by atoms with van der Waals surface area (Å²) in [7, 11) is 0. The smallest absolute Gasteiger partial charge is 0.119 e. The molecule has 23 heavy (non-hydrogen) atoms. The number of ether oxygens (including phenoxy) is 2. The minimum atomic E-state index is 0.347. The van der Waals surface area contributed by atoms with Gasteiger partial charge in [0.2, 0.25) is 0 Å². The summed E-state index contributed by atoms with van der Waals surface area (Å²) in [6.07, 6.45) is 2.58. The van der Waals surface area contributed by atoms with Crippen LogP contribution in [0.15, 0.2) is 24.3 Å². The molecule has 0 amide bonds. The lowest BCUT2D eigenvalue weighted by molar-refractivity contribution is 0.0322. The molecule has 1 aromatic carbocycles. The summed E-state index contributed by atoms with van der Waals surface area (Å²) in [4.78, 5) is 4.88. The summed E-state index contributed by atoms with van der Waals surface area (Å²) in [6, 6.07) is 8.83. The average molecular weight is 319 g/mol. The van der Waals surface area contributed by atoms with Crippen LogP contribution in [0.2, 0.25) is 0 Å². The van der Waals surface area contributed by atoms with Gasteiger partial charge < -0.3 is 15.2 Å². The fourth-order valence-corrected chi connectivity index (χ4v) is 3.45. The maximum absolute atomic E-state index is 6.00. The predicted molar refractivity (Wildman–Crippen MR) is 91.8 cm³/mol. The molecule has 2 fully saturated rings. The lowest BCUT2D eigenvalue weighted by Gasteiger charge is -2.27. The van der Waals surface area contributed by atoms with E-state index in [1.807, 2.05) is 0 Å². The maximum atomic E-state index is 6.00. The predicted octanol–water partition coefficient (Wildman–Crippen LogP) is 1.49. The van der Waals surface area contributed by atoms with Gasteiger partial charge in [-0.05, 0) is 43.6 Å². The highest BCUT2D eigenvalue weighted by molar-refractivity contribution is 5.29. The van der Waals surface area contributed by atoms with E-state index >= 15 is 0 Å². The molecule has 1 unspecified atom stereocenters. The van der Waals surface area contributed by atoms with E-state index in [2.05, 4.69) is 34.1 Å². The summed E-state index contributed by atoms with van der Waals surface area (Å²) in [6.45, 7) is 8.40. The molecule has 0 aliphatic carbocycles. The molecule has 2 saturated heterocycles. The standard InChI is InChI=1S/C18H29N3O2/c19-15-18(21-7-1-2-8-21)16-3-5-17(6-4-16)23-14-11-20-9-12-22-13-10-20/h3-6,18H,1-2,7-15,19H2. The second kappa shape index (κ2) is 8.64. The summed E-state index contributed by atoms with van der Waals surface area (Å²) in [5.74, 6) is 0.944. The minimum absolute atomic E-state index is 0.347. The minimum Gasteiger partial charge on any atom is -0.492 e. The molecular formula is C18H29N3O2. The van der Waals surface area contributed by atoms with Crippen molar-refractivity contribution in [1.82, 2.24) is 9.80 Å². The molecule has 2 heterocycles. The molecular weight excluding hydrogens is 290 g/mol. The van der Waals surface area contributed by atoms with E-state index in [4.69, 9.17) is 15.2 Å². The Balaban J connectivity index is 1.48. The molecule has 1 atom stereocenters. The zero-order chi connectivity index (χ0) is 15.9.